The lowest BCUT2D eigenvalue weighted by atomic mass is 10.8. The highest BCUT2D eigenvalue weighted by molar-refractivity contribution is 7.74. The summed E-state index contributed by atoms with van der Waals surface area (Å²) >= 11 is 0. The normalized spacial score (nSPS) is 14.6. The molecule has 1 atom stereocenters. The summed E-state index contributed by atoms with van der Waals surface area (Å²) in [5.74, 6) is -0.675. The van der Waals surface area contributed by atoms with Crippen LogP contribution in [0, 0.1) is 0 Å². The number of esters is 1. The van der Waals surface area contributed by atoms with Crippen molar-refractivity contribution in [2.75, 3.05) is 19.4 Å². The molecule has 0 bridgehead atoms. The van der Waals surface area contributed by atoms with Gasteiger partial charge in [-0.2, -0.15) is 0 Å². The third kappa shape index (κ3) is 4.80. The van der Waals surface area contributed by atoms with Crippen molar-refractivity contribution in [3.05, 3.63) is 0 Å². The van der Waals surface area contributed by atoms with Crippen molar-refractivity contribution in [2.24, 2.45) is 0 Å². The summed E-state index contributed by atoms with van der Waals surface area (Å²) in [4.78, 5) is 21.2. The van der Waals surface area contributed by atoms with E-state index in [2.05, 4.69) is 9.26 Å². The van der Waals surface area contributed by atoms with E-state index in [9.17, 15) is 14.2 Å². The van der Waals surface area contributed by atoms with E-state index in [0.717, 1.165) is 0 Å². The quantitative estimate of drug-likeness (QED) is 0.370. The maximum Gasteiger partial charge on any atom is 0.316 e. The standard InChI is InChI=1S/C7H13O5P/c1-3-11-7(9)5-13(10,6-8)12-4-2/h6H,3-5H2,1-2H3. The lowest BCUT2D eigenvalue weighted by Gasteiger charge is -2.09. The highest BCUT2D eigenvalue weighted by atomic mass is 31.2. The lowest BCUT2D eigenvalue weighted by Crippen LogP contribution is -2.11. The molecule has 0 amide bonds. The summed E-state index contributed by atoms with van der Waals surface area (Å²) in [5, 5.41) is 0. The Morgan fingerprint density at radius 1 is 1.38 bits per heavy atom. The largest absolute Gasteiger partial charge is 0.466 e. The van der Waals surface area contributed by atoms with E-state index in [-0.39, 0.29) is 19.2 Å². The fourth-order valence-corrected chi connectivity index (χ4v) is 1.83. The van der Waals surface area contributed by atoms with E-state index >= 15 is 0 Å². The molecular formula is C7H13O5P. The van der Waals surface area contributed by atoms with Gasteiger partial charge in [0.15, 0.2) is 0 Å². The van der Waals surface area contributed by atoms with Crippen molar-refractivity contribution >= 4 is 19.4 Å². The number of ether oxygens (including phenoxy) is 1. The lowest BCUT2D eigenvalue weighted by molar-refractivity contribution is -0.140. The van der Waals surface area contributed by atoms with E-state index in [1.165, 1.54) is 0 Å². The molecule has 0 heterocycles. The summed E-state index contributed by atoms with van der Waals surface area (Å²) in [7, 11) is -3.44. The molecule has 0 aliphatic heterocycles. The molecule has 0 saturated carbocycles. The van der Waals surface area contributed by atoms with Gasteiger partial charge in [0.05, 0.1) is 13.2 Å². The van der Waals surface area contributed by atoms with Crippen LogP contribution in [0.25, 0.3) is 0 Å². The Labute approximate surface area is 76.9 Å². The molecular weight excluding hydrogens is 195 g/mol. The van der Waals surface area contributed by atoms with Crippen LogP contribution in [-0.4, -0.2) is 31.4 Å². The number of rotatable bonds is 6. The molecule has 0 fully saturated rings. The molecule has 0 aromatic heterocycles. The molecule has 1 unspecified atom stereocenters. The Hall–Kier alpha value is -0.670. The number of hydrogen-bond acceptors (Lipinski definition) is 5. The van der Waals surface area contributed by atoms with Crippen LogP contribution in [-0.2, 0) is 23.4 Å². The van der Waals surface area contributed by atoms with Gasteiger partial charge in [0.1, 0.15) is 6.16 Å². The zero-order valence-electron chi connectivity index (χ0n) is 7.69. The predicted molar refractivity (Wildman–Crippen MR) is 47.5 cm³/mol. The first kappa shape index (κ1) is 12.3. The second-order valence-corrected chi connectivity index (χ2v) is 4.45. The number of carbonyl (C=O) groups excluding carboxylic acids is 2. The van der Waals surface area contributed by atoms with Gasteiger partial charge in [-0.05, 0) is 13.8 Å². The third-order valence-electron chi connectivity index (χ3n) is 1.16. The molecule has 0 aliphatic carbocycles. The molecule has 13 heavy (non-hydrogen) atoms. The van der Waals surface area contributed by atoms with E-state index in [1.807, 2.05) is 0 Å². The predicted octanol–water partition coefficient (Wildman–Crippen LogP) is 1.05. The summed E-state index contributed by atoms with van der Waals surface area (Å²) in [6.07, 6.45) is -0.474. The summed E-state index contributed by atoms with van der Waals surface area (Å²) < 4.78 is 20.6. The molecule has 0 aromatic rings. The van der Waals surface area contributed by atoms with Gasteiger partial charge >= 0.3 is 5.97 Å². The minimum absolute atomic E-state index is 0.134. The minimum Gasteiger partial charge on any atom is -0.466 e. The zero-order valence-corrected chi connectivity index (χ0v) is 8.58. The first-order chi connectivity index (χ1) is 6.08. The maximum atomic E-state index is 11.4. The first-order valence-electron chi connectivity index (χ1n) is 3.93. The zero-order chi connectivity index (χ0) is 10.3. The molecule has 5 nitrogen and oxygen atoms in total. The van der Waals surface area contributed by atoms with Crippen LogP contribution < -0.4 is 0 Å². The van der Waals surface area contributed by atoms with Gasteiger partial charge in [0.25, 0.3) is 7.37 Å². The van der Waals surface area contributed by atoms with Crippen molar-refractivity contribution < 1.29 is 23.4 Å². The Morgan fingerprint density at radius 2 is 2.00 bits per heavy atom. The van der Waals surface area contributed by atoms with Crippen molar-refractivity contribution in [3.63, 3.8) is 0 Å². The average Bonchev–Trinajstić information content (AvgIpc) is 2.05. The minimum atomic E-state index is -3.44. The van der Waals surface area contributed by atoms with Crippen molar-refractivity contribution in [1.82, 2.24) is 0 Å². The van der Waals surface area contributed by atoms with Crippen LogP contribution in [0.15, 0.2) is 0 Å². The van der Waals surface area contributed by atoms with Crippen LogP contribution >= 0.6 is 7.37 Å². The second-order valence-electron chi connectivity index (χ2n) is 2.21. The summed E-state index contributed by atoms with van der Waals surface area (Å²) in [6.45, 7) is 3.56. The Morgan fingerprint density at radius 3 is 2.38 bits per heavy atom. The third-order valence-corrected chi connectivity index (χ3v) is 2.88. The molecule has 0 aromatic carbocycles. The van der Waals surface area contributed by atoms with Gasteiger partial charge < -0.3 is 9.26 Å². The highest BCUT2D eigenvalue weighted by Gasteiger charge is 2.26. The van der Waals surface area contributed by atoms with Crippen LogP contribution in [0.1, 0.15) is 13.8 Å². The Balaban J connectivity index is 4.19. The molecule has 76 valence electrons. The first-order valence-corrected chi connectivity index (χ1v) is 5.81. The van der Waals surface area contributed by atoms with E-state index < -0.39 is 19.5 Å². The van der Waals surface area contributed by atoms with Gasteiger partial charge in [-0.3, -0.25) is 14.2 Å². The number of hydrogen-bond donors (Lipinski definition) is 0. The molecule has 0 rings (SSSR count). The summed E-state index contributed by atoms with van der Waals surface area (Å²) in [6, 6.07) is 0.188. The van der Waals surface area contributed by atoms with Crippen molar-refractivity contribution in [3.8, 4) is 0 Å². The monoisotopic (exact) mass is 208 g/mol. The molecule has 0 N–H and O–H groups in total. The topological polar surface area (TPSA) is 69.7 Å². The number of carbonyl (C=O) groups is 2. The Bertz CT molecular complexity index is 225. The molecule has 6 heteroatoms. The van der Waals surface area contributed by atoms with Gasteiger partial charge in [0.2, 0.25) is 6.03 Å². The Kier molecular flexibility index (Phi) is 5.58. The van der Waals surface area contributed by atoms with E-state index in [1.54, 1.807) is 13.8 Å². The average molecular weight is 208 g/mol. The van der Waals surface area contributed by atoms with Crippen LogP contribution in [0.2, 0.25) is 0 Å². The molecule has 0 radical (unpaired) electrons. The smallest absolute Gasteiger partial charge is 0.316 e. The van der Waals surface area contributed by atoms with Gasteiger partial charge in [-0.25, -0.2) is 0 Å². The summed E-state index contributed by atoms with van der Waals surface area (Å²) in [5.41, 5.74) is 0. The van der Waals surface area contributed by atoms with E-state index in [4.69, 9.17) is 0 Å². The van der Waals surface area contributed by atoms with Crippen LogP contribution in [0.3, 0.4) is 0 Å². The van der Waals surface area contributed by atoms with Crippen molar-refractivity contribution in [2.45, 2.75) is 13.8 Å². The van der Waals surface area contributed by atoms with Crippen molar-refractivity contribution in [1.29, 1.82) is 0 Å². The fraction of sp³-hybridized carbons (Fsp3) is 0.714. The second kappa shape index (κ2) is 5.89. The maximum absolute atomic E-state index is 11.4. The molecule has 0 saturated heterocycles. The SMILES string of the molecule is CCOC(=O)CP(=O)(C=O)OCC. The molecule has 0 spiro atoms. The van der Waals surface area contributed by atoms with Crippen LogP contribution in [0.5, 0.6) is 0 Å². The fourth-order valence-electron chi connectivity index (χ4n) is 0.718. The van der Waals surface area contributed by atoms with Crippen LogP contribution in [0.4, 0.5) is 0 Å². The van der Waals surface area contributed by atoms with E-state index in [0.29, 0.717) is 0 Å². The van der Waals surface area contributed by atoms with Gasteiger partial charge in [-0.15, -0.1) is 0 Å². The molecule has 0 aliphatic rings. The van der Waals surface area contributed by atoms with Gasteiger partial charge in [-0.1, -0.05) is 0 Å². The highest BCUT2D eigenvalue weighted by Crippen LogP contribution is 2.42. The van der Waals surface area contributed by atoms with Gasteiger partial charge in [0, 0.05) is 0 Å².